The van der Waals surface area contributed by atoms with E-state index in [1.165, 1.54) is 11.3 Å². The van der Waals surface area contributed by atoms with Crippen LogP contribution >= 0.6 is 11.3 Å². The Kier molecular flexibility index (Phi) is 3.70. The van der Waals surface area contributed by atoms with Crippen LogP contribution in [0.5, 0.6) is 0 Å². The smallest absolute Gasteiger partial charge is 0.275 e. The number of nitrogens with one attached hydrogen (secondary N) is 2. The number of hydrogen-bond acceptors (Lipinski definition) is 6. The summed E-state index contributed by atoms with van der Waals surface area (Å²) in [5.41, 5.74) is 2.82. The summed E-state index contributed by atoms with van der Waals surface area (Å²) in [5.74, 6) is 4.06. The quantitative estimate of drug-likeness (QED) is 0.277. The third-order valence-corrected chi connectivity index (χ3v) is 3.45. The van der Waals surface area contributed by atoms with Crippen LogP contribution in [0.2, 0.25) is 0 Å². The molecular weight excluding hydrogens is 256 g/mol. The van der Waals surface area contributed by atoms with Crippen LogP contribution in [-0.4, -0.2) is 35.7 Å². The fourth-order valence-corrected chi connectivity index (χ4v) is 2.59. The van der Waals surface area contributed by atoms with Gasteiger partial charge in [-0.3, -0.25) is 30.0 Å². The van der Waals surface area contributed by atoms with Gasteiger partial charge in [0.15, 0.2) is 0 Å². The average Bonchev–Trinajstić information content (AvgIpc) is 2.74. The highest BCUT2D eigenvalue weighted by Crippen LogP contribution is 2.18. The maximum absolute atomic E-state index is 11.5. The Balaban J connectivity index is 2.09. The maximum atomic E-state index is 11.5. The van der Waals surface area contributed by atoms with E-state index >= 15 is 0 Å². The van der Waals surface area contributed by atoms with Crippen molar-refractivity contribution in [2.24, 2.45) is 5.84 Å². The first-order valence-corrected chi connectivity index (χ1v) is 6.10. The third-order valence-electron chi connectivity index (χ3n) is 2.49. The van der Waals surface area contributed by atoms with Gasteiger partial charge in [0.1, 0.15) is 0 Å². The van der Waals surface area contributed by atoms with Crippen molar-refractivity contribution in [3.8, 4) is 0 Å². The number of hydrogen-bond donors (Lipinski definition) is 3. The summed E-state index contributed by atoms with van der Waals surface area (Å²) >= 11 is 1.27. The van der Waals surface area contributed by atoms with Gasteiger partial charge in [0.2, 0.25) is 11.8 Å². The van der Waals surface area contributed by atoms with E-state index in [2.05, 4.69) is 10.7 Å². The van der Waals surface area contributed by atoms with Crippen molar-refractivity contribution in [2.45, 2.75) is 6.54 Å². The van der Waals surface area contributed by atoms with Crippen molar-refractivity contribution in [3.05, 3.63) is 21.9 Å². The van der Waals surface area contributed by atoms with E-state index in [9.17, 15) is 14.4 Å². The van der Waals surface area contributed by atoms with Gasteiger partial charge in [-0.1, -0.05) is 0 Å². The molecule has 18 heavy (non-hydrogen) atoms. The molecule has 0 unspecified atom stereocenters. The van der Waals surface area contributed by atoms with Gasteiger partial charge >= 0.3 is 0 Å². The van der Waals surface area contributed by atoms with E-state index in [1.54, 1.807) is 16.3 Å². The van der Waals surface area contributed by atoms with Gasteiger partial charge in [0.05, 0.1) is 18.0 Å². The lowest BCUT2D eigenvalue weighted by Crippen LogP contribution is -2.51. The van der Waals surface area contributed by atoms with E-state index in [-0.39, 0.29) is 30.8 Å². The topological polar surface area (TPSA) is 105 Å². The van der Waals surface area contributed by atoms with Gasteiger partial charge in [-0.05, 0) is 17.0 Å². The highest BCUT2D eigenvalue weighted by Gasteiger charge is 2.24. The molecule has 0 spiro atoms. The molecule has 1 aliphatic heterocycles. The zero-order chi connectivity index (χ0) is 13.1. The number of hydrazine groups is 1. The summed E-state index contributed by atoms with van der Waals surface area (Å²) in [7, 11) is 0. The molecule has 7 nitrogen and oxygen atoms in total. The van der Waals surface area contributed by atoms with Crippen molar-refractivity contribution >= 4 is 29.1 Å². The highest BCUT2D eigenvalue weighted by atomic mass is 32.1. The first-order valence-electron chi connectivity index (χ1n) is 5.22. The minimum Gasteiger partial charge on any atom is -0.294 e. The molecule has 0 atom stereocenters. The number of amides is 3. The first-order chi connectivity index (χ1) is 8.60. The van der Waals surface area contributed by atoms with Crippen molar-refractivity contribution < 1.29 is 14.4 Å². The number of thiophene rings is 1. The van der Waals surface area contributed by atoms with Crippen molar-refractivity contribution in [1.82, 2.24) is 15.6 Å². The van der Waals surface area contributed by atoms with Crippen LogP contribution in [0.4, 0.5) is 0 Å². The Hall–Kier alpha value is -1.77. The number of nitrogen functional groups attached to an aromatic ring is 1. The lowest BCUT2D eigenvalue weighted by Gasteiger charge is -2.25. The molecule has 8 heteroatoms. The van der Waals surface area contributed by atoms with E-state index < -0.39 is 0 Å². The second kappa shape index (κ2) is 5.25. The molecule has 0 saturated carbocycles. The minimum absolute atomic E-state index is 0.144. The fourth-order valence-electron chi connectivity index (χ4n) is 1.77. The molecule has 3 amide bonds. The summed E-state index contributed by atoms with van der Waals surface area (Å²) in [6, 6.07) is 1.78. The van der Waals surface area contributed by atoms with Crippen molar-refractivity contribution in [2.75, 3.05) is 13.1 Å². The summed E-state index contributed by atoms with van der Waals surface area (Å²) in [6.07, 6.45) is 0. The van der Waals surface area contributed by atoms with Crippen LogP contribution in [0.15, 0.2) is 11.4 Å². The molecule has 0 radical (unpaired) electrons. The van der Waals surface area contributed by atoms with Crippen LogP contribution < -0.4 is 16.6 Å². The molecule has 1 fully saturated rings. The van der Waals surface area contributed by atoms with Crippen molar-refractivity contribution in [1.29, 1.82) is 0 Å². The molecule has 0 bridgehead atoms. The predicted molar refractivity (Wildman–Crippen MR) is 64.4 cm³/mol. The molecule has 96 valence electrons. The molecule has 2 heterocycles. The van der Waals surface area contributed by atoms with Crippen LogP contribution in [0.3, 0.4) is 0 Å². The van der Waals surface area contributed by atoms with E-state index in [0.29, 0.717) is 11.4 Å². The number of nitrogens with two attached hydrogens (primary N) is 1. The monoisotopic (exact) mass is 268 g/mol. The average molecular weight is 268 g/mol. The molecule has 2 rings (SSSR count). The van der Waals surface area contributed by atoms with Gasteiger partial charge in [-0.2, -0.15) is 0 Å². The lowest BCUT2D eigenvalue weighted by atomic mass is 10.2. The molecule has 0 aliphatic carbocycles. The van der Waals surface area contributed by atoms with Gasteiger partial charge in [0.25, 0.3) is 5.91 Å². The first kappa shape index (κ1) is 12.7. The number of piperazine rings is 1. The lowest BCUT2D eigenvalue weighted by molar-refractivity contribution is -0.136. The molecule has 4 N–H and O–H groups in total. The van der Waals surface area contributed by atoms with E-state index in [0.717, 1.165) is 5.56 Å². The zero-order valence-corrected chi connectivity index (χ0v) is 10.3. The summed E-state index contributed by atoms with van der Waals surface area (Å²) < 4.78 is 0. The maximum Gasteiger partial charge on any atom is 0.275 e. The summed E-state index contributed by atoms with van der Waals surface area (Å²) in [6.45, 7) is 0.655. The standard InChI is InChI=1S/C10H12N4O3S/c11-13-10(17)9-6(1-2-18-9)3-14-4-7(15)12-8(16)5-14/h1-2H,3-5,11H2,(H,13,17)(H,12,15,16). The van der Waals surface area contributed by atoms with Crippen LogP contribution in [-0.2, 0) is 16.1 Å². The molecule has 1 saturated heterocycles. The van der Waals surface area contributed by atoms with Crippen molar-refractivity contribution in [3.63, 3.8) is 0 Å². The second-order valence-corrected chi connectivity index (χ2v) is 4.78. The minimum atomic E-state index is -0.368. The molecular formula is C10H12N4O3S. The molecule has 1 aromatic heterocycles. The summed E-state index contributed by atoms with van der Waals surface area (Å²) in [4.78, 5) is 36.1. The number of rotatable bonds is 3. The Labute approximate surface area is 107 Å². The molecule has 1 aromatic rings. The predicted octanol–water partition coefficient (Wildman–Crippen LogP) is -1.19. The van der Waals surface area contributed by atoms with Gasteiger partial charge in [0, 0.05) is 6.54 Å². The Morgan fingerprint density at radius 3 is 2.72 bits per heavy atom. The second-order valence-electron chi connectivity index (χ2n) is 3.86. The van der Waals surface area contributed by atoms with Gasteiger partial charge in [-0.15, -0.1) is 11.3 Å². The third kappa shape index (κ3) is 2.73. The Bertz CT molecular complexity index is 483. The zero-order valence-electron chi connectivity index (χ0n) is 9.43. The van der Waals surface area contributed by atoms with Crippen LogP contribution in [0, 0.1) is 0 Å². The van der Waals surface area contributed by atoms with Gasteiger partial charge < -0.3 is 0 Å². The van der Waals surface area contributed by atoms with E-state index in [4.69, 9.17) is 5.84 Å². The largest absolute Gasteiger partial charge is 0.294 e. The van der Waals surface area contributed by atoms with Crippen LogP contribution in [0.1, 0.15) is 15.2 Å². The molecule has 0 aromatic carbocycles. The van der Waals surface area contributed by atoms with E-state index in [1.807, 2.05) is 0 Å². The highest BCUT2D eigenvalue weighted by molar-refractivity contribution is 7.12. The SMILES string of the molecule is NNC(=O)c1sccc1CN1CC(=O)NC(=O)C1. The number of nitrogens with zero attached hydrogens (tertiary/aromatic N) is 1. The summed E-state index contributed by atoms with van der Waals surface area (Å²) in [5, 5.41) is 3.99. The number of carbonyl (C=O) groups is 3. The number of carbonyl (C=O) groups excluding carboxylic acids is 3. The van der Waals surface area contributed by atoms with Crippen LogP contribution in [0.25, 0.3) is 0 Å². The Morgan fingerprint density at radius 1 is 1.44 bits per heavy atom. The molecule has 1 aliphatic rings. The number of imide groups is 1. The Morgan fingerprint density at radius 2 is 2.11 bits per heavy atom. The fraction of sp³-hybridized carbons (Fsp3) is 0.300. The van der Waals surface area contributed by atoms with Gasteiger partial charge in [-0.25, -0.2) is 5.84 Å². The normalized spacial score (nSPS) is 16.5.